The molecule has 0 radical (unpaired) electrons. The highest BCUT2D eigenvalue weighted by Crippen LogP contribution is 2.18. The van der Waals surface area contributed by atoms with Gasteiger partial charge in [0.2, 0.25) is 0 Å². The van der Waals surface area contributed by atoms with Crippen LogP contribution in [0.4, 0.5) is 5.69 Å². The molecule has 5 heteroatoms. The minimum absolute atomic E-state index is 0.0326. The second-order valence-corrected chi connectivity index (χ2v) is 2.66. The fraction of sp³-hybridized carbons (Fsp3) is 0.100. The molecule has 1 aromatic carbocycles. The Hall–Kier alpha value is -2.17. The second kappa shape index (κ2) is 4.90. The number of carbonyl (C=O) groups is 1. The van der Waals surface area contributed by atoms with Gasteiger partial charge in [0.15, 0.2) is 0 Å². The first kappa shape index (κ1) is 10.9. The zero-order valence-electron chi connectivity index (χ0n) is 7.88. The van der Waals surface area contributed by atoms with E-state index in [-0.39, 0.29) is 17.9 Å². The topological polar surface area (TPSA) is 69.4 Å². The third kappa shape index (κ3) is 2.63. The molecule has 15 heavy (non-hydrogen) atoms. The zero-order valence-corrected chi connectivity index (χ0v) is 7.88. The van der Waals surface area contributed by atoms with Crippen LogP contribution in [0.2, 0.25) is 0 Å². The summed E-state index contributed by atoms with van der Waals surface area (Å²) < 4.78 is 4.71. The van der Waals surface area contributed by atoms with E-state index >= 15 is 0 Å². The maximum absolute atomic E-state index is 11.4. The Morgan fingerprint density at radius 1 is 1.53 bits per heavy atom. The molecule has 0 aliphatic heterocycles. The first-order valence-corrected chi connectivity index (χ1v) is 4.18. The van der Waals surface area contributed by atoms with E-state index in [1.165, 1.54) is 30.3 Å². The summed E-state index contributed by atoms with van der Waals surface area (Å²) in [4.78, 5) is 21.3. The Morgan fingerprint density at radius 2 is 2.20 bits per heavy atom. The molecule has 0 atom stereocenters. The molecule has 0 N–H and O–H groups in total. The molecule has 0 saturated carbocycles. The van der Waals surface area contributed by atoms with Crippen LogP contribution in [-0.2, 0) is 4.74 Å². The van der Waals surface area contributed by atoms with Crippen molar-refractivity contribution >= 4 is 11.7 Å². The quantitative estimate of drug-likeness (QED) is 0.327. The molecule has 1 aromatic rings. The number of nitro groups is 1. The fourth-order valence-electron chi connectivity index (χ4n) is 1.02. The predicted octanol–water partition coefficient (Wildman–Crippen LogP) is 1.94. The van der Waals surface area contributed by atoms with Gasteiger partial charge in [0, 0.05) is 6.07 Å². The lowest BCUT2D eigenvalue weighted by atomic mass is 10.2. The van der Waals surface area contributed by atoms with E-state index in [1.54, 1.807) is 0 Å². The van der Waals surface area contributed by atoms with E-state index in [2.05, 4.69) is 6.58 Å². The number of hydrogen-bond donors (Lipinski definition) is 0. The summed E-state index contributed by atoms with van der Waals surface area (Å²) in [6.07, 6.45) is 1.40. The van der Waals surface area contributed by atoms with Gasteiger partial charge in [-0.2, -0.15) is 0 Å². The molecule has 5 nitrogen and oxygen atoms in total. The van der Waals surface area contributed by atoms with Crippen LogP contribution >= 0.6 is 0 Å². The number of carbonyl (C=O) groups excluding carboxylic acids is 1. The summed E-state index contributed by atoms with van der Waals surface area (Å²) in [6.45, 7) is 3.41. The molecule has 78 valence electrons. The highest BCUT2D eigenvalue weighted by molar-refractivity contribution is 5.93. The summed E-state index contributed by atoms with van der Waals surface area (Å²) in [5.74, 6) is -0.720. The van der Waals surface area contributed by atoms with Crippen molar-refractivity contribution in [3.8, 4) is 0 Å². The highest BCUT2D eigenvalue weighted by Gasteiger charge is 2.19. The van der Waals surface area contributed by atoms with Crippen molar-refractivity contribution < 1.29 is 14.5 Å². The van der Waals surface area contributed by atoms with Crippen molar-refractivity contribution in [2.45, 2.75) is 0 Å². The number of hydrogen-bond acceptors (Lipinski definition) is 4. The summed E-state index contributed by atoms with van der Waals surface area (Å²) in [6, 6.07) is 5.63. The number of nitrogens with zero attached hydrogens (tertiary/aromatic N) is 1. The van der Waals surface area contributed by atoms with Gasteiger partial charge in [-0.1, -0.05) is 24.8 Å². The van der Waals surface area contributed by atoms with Gasteiger partial charge in [-0.05, 0) is 6.07 Å². The number of benzene rings is 1. The Bertz CT molecular complexity index is 400. The summed E-state index contributed by atoms with van der Waals surface area (Å²) >= 11 is 0. The van der Waals surface area contributed by atoms with Gasteiger partial charge >= 0.3 is 5.97 Å². The van der Waals surface area contributed by atoms with E-state index in [4.69, 9.17) is 4.74 Å². The van der Waals surface area contributed by atoms with Crippen molar-refractivity contribution in [1.29, 1.82) is 0 Å². The maximum Gasteiger partial charge on any atom is 0.345 e. The van der Waals surface area contributed by atoms with Crippen molar-refractivity contribution in [2.75, 3.05) is 6.61 Å². The minimum atomic E-state index is -0.720. The van der Waals surface area contributed by atoms with Gasteiger partial charge in [-0.3, -0.25) is 10.1 Å². The molecule has 0 bridgehead atoms. The molecule has 0 fully saturated rings. The van der Waals surface area contributed by atoms with E-state index in [0.717, 1.165) is 0 Å². The normalized spacial score (nSPS) is 9.33. The Balaban J connectivity index is 2.97. The largest absolute Gasteiger partial charge is 0.458 e. The third-order valence-corrected chi connectivity index (χ3v) is 1.65. The molecule has 0 aliphatic rings. The van der Waals surface area contributed by atoms with E-state index < -0.39 is 10.9 Å². The lowest BCUT2D eigenvalue weighted by Crippen LogP contribution is -2.07. The lowest BCUT2D eigenvalue weighted by molar-refractivity contribution is -0.385. The second-order valence-electron chi connectivity index (χ2n) is 2.66. The standard InChI is InChI=1S/C10H9NO4/c1-2-7-15-10(12)8-5-3-4-6-9(8)11(13)14/h2-6H,1,7H2. The van der Waals surface area contributed by atoms with Gasteiger partial charge in [0.05, 0.1) is 4.92 Å². The predicted molar refractivity (Wildman–Crippen MR) is 53.6 cm³/mol. The number of nitro benzene ring substituents is 1. The number of esters is 1. The Labute approximate surface area is 86.1 Å². The van der Waals surface area contributed by atoms with Crippen LogP contribution in [-0.4, -0.2) is 17.5 Å². The van der Waals surface area contributed by atoms with Gasteiger partial charge < -0.3 is 4.74 Å². The van der Waals surface area contributed by atoms with Crippen LogP contribution in [0.5, 0.6) is 0 Å². The molecular weight excluding hydrogens is 198 g/mol. The molecule has 0 saturated heterocycles. The van der Waals surface area contributed by atoms with Gasteiger partial charge in [-0.25, -0.2) is 4.79 Å². The van der Waals surface area contributed by atoms with Gasteiger partial charge in [-0.15, -0.1) is 0 Å². The van der Waals surface area contributed by atoms with Crippen molar-refractivity contribution in [2.24, 2.45) is 0 Å². The molecule has 0 spiro atoms. The average molecular weight is 207 g/mol. The Morgan fingerprint density at radius 3 is 2.80 bits per heavy atom. The first-order chi connectivity index (χ1) is 7.16. The molecule has 0 aromatic heterocycles. The zero-order chi connectivity index (χ0) is 11.3. The highest BCUT2D eigenvalue weighted by atomic mass is 16.6. The lowest BCUT2D eigenvalue weighted by Gasteiger charge is -2.01. The molecule has 0 heterocycles. The van der Waals surface area contributed by atoms with Crippen LogP contribution in [0.1, 0.15) is 10.4 Å². The monoisotopic (exact) mass is 207 g/mol. The smallest absolute Gasteiger partial charge is 0.345 e. The SMILES string of the molecule is C=CCOC(=O)c1ccccc1[N+](=O)[O-]. The van der Waals surface area contributed by atoms with Crippen LogP contribution in [0.3, 0.4) is 0 Å². The van der Waals surface area contributed by atoms with Crippen molar-refractivity contribution in [1.82, 2.24) is 0 Å². The van der Waals surface area contributed by atoms with E-state index in [9.17, 15) is 14.9 Å². The van der Waals surface area contributed by atoms with Gasteiger partial charge in [0.25, 0.3) is 5.69 Å². The molecule has 0 amide bonds. The van der Waals surface area contributed by atoms with E-state index in [0.29, 0.717) is 0 Å². The molecule has 1 rings (SSSR count). The summed E-state index contributed by atoms with van der Waals surface area (Å²) in [5.41, 5.74) is -0.309. The minimum Gasteiger partial charge on any atom is -0.458 e. The van der Waals surface area contributed by atoms with Crippen LogP contribution in [0.25, 0.3) is 0 Å². The van der Waals surface area contributed by atoms with Crippen molar-refractivity contribution in [3.05, 3.63) is 52.6 Å². The van der Waals surface area contributed by atoms with Crippen LogP contribution < -0.4 is 0 Å². The first-order valence-electron chi connectivity index (χ1n) is 4.18. The average Bonchev–Trinajstić information content (AvgIpc) is 2.25. The van der Waals surface area contributed by atoms with Crippen LogP contribution in [0, 0.1) is 10.1 Å². The number of ether oxygens (including phenoxy) is 1. The third-order valence-electron chi connectivity index (χ3n) is 1.65. The Kier molecular flexibility index (Phi) is 3.56. The maximum atomic E-state index is 11.4. The number of para-hydroxylation sites is 1. The molecular formula is C10H9NO4. The van der Waals surface area contributed by atoms with Crippen molar-refractivity contribution in [3.63, 3.8) is 0 Å². The fourth-order valence-corrected chi connectivity index (χ4v) is 1.02. The van der Waals surface area contributed by atoms with Gasteiger partial charge in [0.1, 0.15) is 12.2 Å². The van der Waals surface area contributed by atoms with Crippen LogP contribution in [0.15, 0.2) is 36.9 Å². The number of rotatable bonds is 4. The molecule has 0 aliphatic carbocycles. The molecule has 0 unspecified atom stereocenters. The summed E-state index contributed by atoms with van der Waals surface area (Å²) in [5, 5.41) is 10.6. The van der Waals surface area contributed by atoms with E-state index in [1.807, 2.05) is 0 Å². The summed E-state index contributed by atoms with van der Waals surface area (Å²) in [7, 11) is 0.